The zero-order valence-corrected chi connectivity index (χ0v) is 28.8. The largest absolute Gasteiger partial charge is 0.454 e. The summed E-state index contributed by atoms with van der Waals surface area (Å²) in [4.78, 5) is 2.34. The Morgan fingerprint density at radius 1 is 0.396 bits per heavy atom. The fourth-order valence-corrected chi connectivity index (χ4v) is 8.29. The van der Waals surface area contributed by atoms with Crippen LogP contribution < -0.4 is 4.90 Å². The Kier molecular flexibility index (Phi) is 6.55. The zero-order chi connectivity index (χ0) is 34.9. The molecule has 0 unspecified atom stereocenters. The molecule has 0 saturated heterocycles. The van der Waals surface area contributed by atoms with Gasteiger partial charge in [0.1, 0.15) is 5.58 Å². The highest BCUT2D eigenvalue weighted by Crippen LogP contribution is 2.46. The first-order valence-electron chi connectivity index (χ1n) is 18.1. The first-order valence-corrected chi connectivity index (χ1v) is 18.1. The van der Waals surface area contributed by atoms with Gasteiger partial charge in [0.25, 0.3) is 0 Å². The molecule has 11 aromatic rings. The summed E-state index contributed by atoms with van der Waals surface area (Å²) in [5.41, 5.74) is 10.7. The molecule has 248 valence electrons. The lowest BCUT2D eigenvalue weighted by atomic mass is 9.97. The standard InChI is InChI=1S/C50H32N2O/c1-3-16-38(17-4-1)51(40-26-23-33-13-7-8-15-35(33)29-40)47-32-37(31-43-42-21-11-12-22-48(42)53-50(43)47)36-25-27-45-44(30-36)49-41-20-10-9-14-34(41)24-28-46(49)52(45)39-18-5-2-6-19-39/h1-32H. The van der Waals surface area contributed by atoms with Crippen LogP contribution in [0.3, 0.4) is 0 Å². The van der Waals surface area contributed by atoms with Crippen LogP contribution in [-0.4, -0.2) is 4.57 Å². The van der Waals surface area contributed by atoms with E-state index in [1.807, 2.05) is 6.07 Å². The van der Waals surface area contributed by atoms with Crippen molar-refractivity contribution in [3.05, 3.63) is 194 Å². The van der Waals surface area contributed by atoms with Crippen molar-refractivity contribution in [3.63, 3.8) is 0 Å². The van der Waals surface area contributed by atoms with Crippen LogP contribution in [0.4, 0.5) is 17.1 Å². The lowest BCUT2D eigenvalue weighted by Crippen LogP contribution is -2.10. The van der Waals surface area contributed by atoms with Crippen LogP contribution >= 0.6 is 0 Å². The summed E-state index contributed by atoms with van der Waals surface area (Å²) in [6.45, 7) is 0. The van der Waals surface area contributed by atoms with E-state index in [4.69, 9.17) is 4.42 Å². The number of hydrogen-bond acceptors (Lipinski definition) is 2. The summed E-state index contributed by atoms with van der Waals surface area (Å²) < 4.78 is 9.17. The normalized spacial score (nSPS) is 11.8. The molecule has 2 aromatic heterocycles. The maximum absolute atomic E-state index is 6.77. The summed E-state index contributed by atoms with van der Waals surface area (Å²) in [5, 5.41) is 9.58. The van der Waals surface area contributed by atoms with Gasteiger partial charge in [0.2, 0.25) is 0 Å². The lowest BCUT2D eigenvalue weighted by Gasteiger charge is -2.26. The van der Waals surface area contributed by atoms with Crippen LogP contribution in [-0.2, 0) is 0 Å². The highest BCUT2D eigenvalue weighted by Gasteiger charge is 2.22. The van der Waals surface area contributed by atoms with Crippen LogP contribution in [0, 0.1) is 0 Å². The van der Waals surface area contributed by atoms with E-state index < -0.39 is 0 Å². The predicted octanol–water partition coefficient (Wildman–Crippen LogP) is 14.1. The number of furan rings is 1. The average Bonchev–Trinajstić information content (AvgIpc) is 3.77. The smallest absolute Gasteiger partial charge is 0.159 e. The van der Waals surface area contributed by atoms with Gasteiger partial charge in [-0.15, -0.1) is 0 Å². The predicted molar refractivity (Wildman–Crippen MR) is 223 cm³/mol. The molecule has 0 aliphatic carbocycles. The number of benzene rings is 9. The van der Waals surface area contributed by atoms with Gasteiger partial charge in [-0.2, -0.15) is 0 Å². The van der Waals surface area contributed by atoms with Gasteiger partial charge in [-0.3, -0.25) is 0 Å². The Labute approximate surface area is 306 Å². The van der Waals surface area contributed by atoms with Crippen molar-refractivity contribution in [1.29, 1.82) is 0 Å². The topological polar surface area (TPSA) is 21.3 Å². The number of nitrogens with zero attached hydrogens (tertiary/aromatic N) is 2. The summed E-state index contributed by atoms with van der Waals surface area (Å²) in [5.74, 6) is 0. The van der Waals surface area contributed by atoms with Crippen LogP contribution in [0.1, 0.15) is 0 Å². The van der Waals surface area contributed by atoms with E-state index in [-0.39, 0.29) is 0 Å². The van der Waals surface area contributed by atoms with Gasteiger partial charge in [0.15, 0.2) is 5.58 Å². The molecule has 0 aliphatic rings. The number of anilines is 3. The number of fused-ring (bicyclic) bond motifs is 9. The van der Waals surface area contributed by atoms with Crippen molar-refractivity contribution >= 4 is 82.4 Å². The first kappa shape index (κ1) is 29.6. The molecular formula is C50H32N2O. The molecule has 0 saturated carbocycles. The van der Waals surface area contributed by atoms with Crippen molar-refractivity contribution in [3.8, 4) is 16.8 Å². The highest BCUT2D eigenvalue weighted by atomic mass is 16.3. The molecule has 53 heavy (non-hydrogen) atoms. The fourth-order valence-electron chi connectivity index (χ4n) is 8.29. The van der Waals surface area contributed by atoms with Crippen molar-refractivity contribution in [2.45, 2.75) is 0 Å². The van der Waals surface area contributed by atoms with Crippen molar-refractivity contribution in [2.75, 3.05) is 4.90 Å². The van der Waals surface area contributed by atoms with E-state index in [2.05, 4.69) is 198 Å². The van der Waals surface area contributed by atoms with Crippen molar-refractivity contribution < 1.29 is 4.42 Å². The maximum atomic E-state index is 6.77. The average molecular weight is 677 g/mol. The maximum Gasteiger partial charge on any atom is 0.159 e. The van der Waals surface area contributed by atoms with Gasteiger partial charge in [0, 0.05) is 38.6 Å². The summed E-state index contributed by atoms with van der Waals surface area (Å²) >= 11 is 0. The van der Waals surface area contributed by atoms with Gasteiger partial charge < -0.3 is 13.9 Å². The Morgan fingerprint density at radius 2 is 1.06 bits per heavy atom. The molecule has 0 bridgehead atoms. The molecule has 0 N–H and O–H groups in total. The Hall–Kier alpha value is -7.10. The second-order valence-electron chi connectivity index (χ2n) is 13.8. The zero-order valence-electron chi connectivity index (χ0n) is 28.8. The summed E-state index contributed by atoms with van der Waals surface area (Å²) in [6.07, 6.45) is 0. The Balaban J connectivity index is 1.21. The molecule has 9 aromatic carbocycles. The van der Waals surface area contributed by atoms with E-state index in [0.29, 0.717) is 0 Å². The molecule has 0 fully saturated rings. The minimum absolute atomic E-state index is 0.861. The molecule has 0 radical (unpaired) electrons. The van der Waals surface area contributed by atoms with Gasteiger partial charge >= 0.3 is 0 Å². The number of rotatable bonds is 5. The van der Waals surface area contributed by atoms with E-state index >= 15 is 0 Å². The number of hydrogen-bond donors (Lipinski definition) is 0. The van der Waals surface area contributed by atoms with E-state index in [1.165, 1.54) is 43.4 Å². The minimum Gasteiger partial charge on any atom is -0.454 e. The second-order valence-corrected chi connectivity index (χ2v) is 13.8. The van der Waals surface area contributed by atoms with Crippen molar-refractivity contribution in [1.82, 2.24) is 4.57 Å². The van der Waals surface area contributed by atoms with Crippen LogP contribution in [0.2, 0.25) is 0 Å². The summed E-state index contributed by atoms with van der Waals surface area (Å²) in [7, 11) is 0. The van der Waals surface area contributed by atoms with E-state index in [9.17, 15) is 0 Å². The fraction of sp³-hybridized carbons (Fsp3) is 0. The molecule has 11 rings (SSSR count). The number of para-hydroxylation sites is 3. The Morgan fingerprint density at radius 3 is 1.91 bits per heavy atom. The molecule has 2 heterocycles. The van der Waals surface area contributed by atoms with Gasteiger partial charge in [-0.05, 0) is 105 Å². The molecule has 0 amide bonds. The molecule has 3 heteroatoms. The quantitative estimate of drug-likeness (QED) is 0.181. The molecule has 0 spiro atoms. The summed E-state index contributed by atoms with van der Waals surface area (Å²) in [6, 6.07) is 69.7. The first-order chi connectivity index (χ1) is 26.3. The third kappa shape index (κ3) is 4.68. The second kappa shape index (κ2) is 11.7. The van der Waals surface area contributed by atoms with Crippen LogP contribution in [0.5, 0.6) is 0 Å². The van der Waals surface area contributed by atoms with Gasteiger partial charge in [-0.1, -0.05) is 121 Å². The van der Waals surface area contributed by atoms with Crippen molar-refractivity contribution in [2.24, 2.45) is 0 Å². The third-order valence-electron chi connectivity index (χ3n) is 10.7. The lowest BCUT2D eigenvalue weighted by molar-refractivity contribution is 0.669. The monoisotopic (exact) mass is 676 g/mol. The third-order valence-corrected chi connectivity index (χ3v) is 10.7. The van der Waals surface area contributed by atoms with Gasteiger partial charge in [0.05, 0.1) is 16.7 Å². The van der Waals surface area contributed by atoms with E-state index in [1.54, 1.807) is 0 Å². The molecule has 3 nitrogen and oxygen atoms in total. The minimum atomic E-state index is 0.861. The highest BCUT2D eigenvalue weighted by molar-refractivity contribution is 6.22. The molecule has 0 atom stereocenters. The van der Waals surface area contributed by atoms with Crippen LogP contribution in [0.25, 0.3) is 82.1 Å². The SMILES string of the molecule is c1ccc(N(c2ccc3ccccc3c2)c2cc(-c3ccc4c(c3)c3c5ccccc5ccc3n4-c3ccccc3)cc3c2oc2ccccc23)cc1. The van der Waals surface area contributed by atoms with Gasteiger partial charge in [-0.25, -0.2) is 0 Å². The molecule has 0 aliphatic heterocycles. The van der Waals surface area contributed by atoms with E-state index in [0.717, 1.165) is 55.8 Å². The van der Waals surface area contributed by atoms with Crippen LogP contribution in [0.15, 0.2) is 199 Å². The number of aromatic nitrogens is 1. The Bertz CT molecular complexity index is 3170. The molecular weight excluding hydrogens is 645 g/mol.